The first-order valence-corrected chi connectivity index (χ1v) is 8.52. The molecule has 2 aromatic carbocycles. The minimum absolute atomic E-state index is 0.0805. The summed E-state index contributed by atoms with van der Waals surface area (Å²) >= 11 is 6.10. The number of amides is 2. The summed E-state index contributed by atoms with van der Waals surface area (Å²) < 4.78 is 10.2. The third-order valence-corrected chi connectivity index (χ3v) is 4.58. The van der Waals surface area contributed by atoms with Gasteiger partial charge in [-0.25, -0.2) is 0 Å². The van der Waals surface area contributed by atoms with Crippen molar-refractivity contribution >= 4 is 34.8 Å². The van der Waals surface area contributed by atoms with Gasteiger partial charge in [0.15, 0.2) is 0 Å². The predicted molar refractivity (Wildman–Crippen MR) is 100 cm³/mol. The summed E-state index contributed by atoms with van der Waals surface area (Å²) in [5, 5.41) is 3.22. The van der Waals surface area contributed by atoms with Crippen LogP contribution in [0.3, 0.4) is 0 Å². The van der Waals surface area contributed by atoms with Crippen molar-refractivity contribution in [3.05, 3.63) is 47.5 Å². The number of ether oxygens (including phenoxy) is 2. The first kappa shape index (κ1) is 18.1. The van der Waals surface area contributed by atoms with Gasteiger partial charge < -0.3 is 14.8 Å². The second-order valence-corrected chi connectivity index (χ2v) is 6.26. The van der Waals surface area contributed by atoms with E-state index in [9.17, 15) is 9.59 Å². The quantitative estimate of drug-likeness (QED) is 0.869. The first-order chi connectivity index (χ1) is 12.5. The number of halogens is 1. The number of carbonyl (C=O) groups excluding carboxylic acids is 2. The maximum atomic E-state index is 12.7. The van der Waals surface area contributed by atoms with Gasteiger partial charge in [-0.15, -0.1) is 0 Å². The fourth-order valence-electron chi connectivity index (χ4n) is 2.97. The van der Waals surface area contributed by atoms with Gasteiger partial charge in [0.1, 0.15) is 17.5 Å². The Bertz CT molecular complexity index is 823. The molecule has 1 N–H and O–H groups in total. The van der Waals surface area contributed by atoms with Crippen molar-refractivity contribution in [3.63, 3.8) is 0 Å². The number of hydrogen-bond donors (Lipinski definition) is 1. The predicted octanol–water partition coefficient (Wildman–Crippen LogP) is 3.49. The minimum Gasteiger partial charge on any atom is -0.497 e. The van der Waals surface area contributed by atoms with Crippen LogP contribution in [0.5, 0.6) is 11.5 Å². The van der Waals surface area contributed by atoms with Gasteiger partial charge in [0, 0.05) is 17.8 Å². The van der Waals surface area contributed by atoms with Crippen molar-refractivity contribution in [3.8, 4) is 11.5 Å². The molecule has 0 saturated carbocycles. The molecule has 0 aliphatic carbocycles. The summed E-state index contributed by atoms with van der Waals surface area (Å²) in [5.74, 6) is 0.880. The minimum atomic E-state index is -0.572. The van der Waals surface area contributed by atoms with E-state index in [-0.39, 0.29) is 11.8 Å². The zero-order valence-corrected chi connectivity index (χ0v) is 15.2. The van der Waals surface area contributed by atoms with Crippen molar-refractivity contribution in [1.29, 1.82) is 0 Å². The van der Waals surface area contributed by atoms with Gasteiger partial charge in [-0.2, -0.15) is 0 Å². The molecule has 1 atom stereocenters. The molecule has 0 radical (unpaired) electrons. The Morgan fingerprint density at radius 1 is 1.15 bits per heavy atom. The molecule has 1 unspecified atom stereocenters. The number of nitrogens with zero attached hydrogens (tertiary/aromatic N) is 1. The molecule has 2 aromatic rings. The molecule has 1 fully saturated rings. The first-order valence-electron chi connectivity index (χ1n) is 8.14. The van der Waals surface area contributed by atoms with E-state index in [0.29, 0.717) is 40.7 Å². The summed E-state index contributed by atoms with van der Waals surface area (Å²) in [4.78, 5) is 26.6. The molecular weight excluding hydrogens is 356 g/mol. The number of rotatable bonds is 5. The lowest BCUT2D eigenvalue weighted by molar-refractivity contribution is -0.120. The van der Waals surface area contributed by atoms with Crippen LogP contribution >= 0.6 is 11.6 Å². The Balaban J connectivity index is 1.78. The van der Waals surface area contributed by atoms with Crippen LogP contribution < -0.4 is 19.7 Å². The Kier molecular flexibility index (Phi) is 5.32. The average molecular weight is 375 g/mol. The Morgan fingerprint density at radius 3 is 2.50 bits per heavy atom. The van der Waals surface area contributed by atoms with Crippen LogP contribution in [-0.4, -0.2) is 32.1 Å². The van der Waals surface area contributed by atoms with Gasteiger partial charge in [0.25, 0.3) is 0 Å². The lowest BCUT2D eigenvalue weighted by atomic mass is 10.1. The highest BCUT2D eigenvalue weighted by Gasteiger charge is 2.37. The van der Waals surface area contributed by atoms with Crippen LogP contribution in [0.4, 0.5) is 11.4 Å². The molecule has 1 aliphatic heterocycles. The summed E-state index contributed by atoms with van der Waals surface area (Å²) in [7, 11) is 3.10. The van der Waals surface area contributed by atoms with E-state index in [1.165, 1.54) is 12.0 Å². The normalized spacial score (nSPS) is 16.5. The molecule has 136 valence electrons. The third-order valence-electron chi connectivity index (χ3n) is 4.28. The van der Waals surface area contributed by atoms with E-state index in [0.717, 1.165) is 0 Å². The number of nitrogens with one attached hydrogen (secondary N) is 1. The molecule has 0 bridgehead atoms. The maximum absolute atomic E-state index is 12.7. The topological polar surface area (TPSA) is 67.9 Å². The summed E-state index contributed by atoms with van der Waals surface area (Å²) in [5.41, 5.74) is 1.22. The van der Waals surface area contributed by atoms with Crippen LogP contribution in [0.25, 0.3) is 0 Å². The summed E-state index contributed by atoms with van der Waals surface area (Å²) in [6, 6.07) is 11.5. The van der Waals surface area contributed by atoms with Crippen molar-refractivity contribution in [1.82, 2.24) is 0 Å². The van der Waals surface area contributed by atoms with Crippen LogP contribution in [0.15, 0.2) is 42.5 Å². The van der Waals surface area contributed by atoms with Gasteiger partial charge >= 0.3 is 0 Å². The highest BCUT2D eigenvalue weighted by atomic mass is 35.5. The third kappa shape index (κ3) is 3.60. The number of hydrogen-bond acceptors (Lipinski definition) is 4. The van der Waals surface area contributed by atoms with Crippen molar-refractivity contribution < 1.29 is 19.1 Å². The van der Waals surface area contributed by atoms with Crippen LogP contribution in [0, 0.1) is 0 Å². The summed E-state index contributed by atoms with van der Waals surface area (Å²) in [6.45, 7) is 0. The van der Waals surface area contributed by atoms with E-state index in [1.54, 1.807) is 49.6 Å². The number of anilines is 2. The molecular formula is C19H19ClN2O4. The molecule has 3 rings (SSSR count). The average Bonchev–Trinajstić information content (AvgIpc) is 3.03. The standard InChI is InChI=1S/C19H19ClN2O4/c1-25-14-6-4-13(5-7-14)22-16(8-10-18(22)23)19(24)21-12-3-9-17(26-2)15(20)11-12/h3-7,9,11,16H,8,10H2,1-2H3,(H,21,24). The molecule has 26 heavy (non-hydrogen) atoms. The molecule has 1 aliphatic rings. The lowest BCUT2D eigenvalue weighted by Crippen LogP contribution is -2.41. The Labute approximate surface area is 156 Å². The van der Waals surface area contributed by atoms with Crippen LogP contribution in [-0.2, 0) is 9.59 Å². The van der Waals surface area contributed by atoms with Gasteiger partial charge in [0.05, 0.1) is 19.2 Å². The second-order valence-electron chi connectivity index (χ2n) is 5.85. The SMILES string of the molecule is COc1ccc(N2C(=O)CCC2C(=O)Nc2ccc(OC)c(Cl)c2)cc1. The monoisotopic (exact) mass is 374 g/mol. The Hall–Kier alpha value is -2.73. The van der Waals surface area contributed by atoms with Gasteiger partial charge in [-0.1, -0.05) is 11.6 Å². The van der Waals surface area contributed by atoms with Crippen molar-refractivity contribution in [2.45, 2.75) is 18.9 Å². The Morgan fingerprint density at radius 2 is 1.88 bits per heavy atom. The lowest BCUT2D eigenvalue weighted by Gasteiger charge is -2.24. The largest absolute Gasteiger partial charge is 0.497 e. The maximum Gasteiger partial charge on any atom is 0.247 e. The molecule has 7 heteroatoms. The van der Waals surface area contributed by atoms with Crippen LogP contribution in [0.2, 0.25) is 5.02 Å². The fourth-order valence-corrected chi connectivity index (χ4v) is 3.23. The fraction of sp³-hybridized carbons (Fsp3) is 0.263. The van der Waals surface area contributed by atoms with E-state index in [4.69, 9.17) is 21.1 Å². The second kappa shape index (κ2) is 7.66. The van der Waals surface area contributed by atoms with Gasteiger partial charge in [-0.3, -0.25) is 14.5 Å². The molecule has 1 heterocycles. The molecule has 0 aromatic heterocycles. The van der Waals surface area contributed by atoms with Crippen molar-refractivity contribution in [2.24, 2.45) is 0 Å². The number of methoxy groups -OCH3 is 2. The van der Waals surface area contributed by atoms with E-state index < -0.39 is 6.04 Å². The smallest absolute Gasteiger partial charge is 0.247 e. The van der Waals surface area contributed by atoms with E-state index in [2.05, 4.69) is 5.32 Å². The number of benzene rings is 2. The van der Waals surface area contributed by atoms with Crippen molar-refractivity contribution in [2.75, 3.05) is 24.4 Å². The zero-order chi connectivity index (χ0) is 18.7. The molecule has 2 amide bonds. The summed E-state index contributed by atoms with van der Waals surface area (Å²) in [6.07, 6.45) is 0.786. The highest BCUT2D eigenvalue weighted by Crippen LogP contribution is 2.30. The van der Waals surface area contributed by atoms with Crippen LogP contribution in [0.1, 0.15) is 12.8 Å². The van der Waals surface area contributed by atoms with E-state index >= 15 is 0 Å². The van der Waals surface area contributed by atoms with Gasteiger partial charge in [-0.05, 0) is 48.9 Å². The molecule has 6 nitrogen and oxygen atoms in total. The highest BCUT2D eigenvalue weighted by molar-refractivity contribution is 6.32. The molecule has 0 spiro atoms. The van der Waals surface area contributed by atoms with Gasteiger partial charge in [0.2, 0.25) is 11.8 Å². The van der Waals surface area contributed by atoms with E-state index in [1.807, 2.05) is 0 Å². The molecule has 1 saturated heterocycles. The number of carbonyl (C=O) groups is 2. The zero-order valence-electron chi connectivity index (χ0n) is 14.5.